The summed E-state index contributed by atoms with van der Waals surface area (Å²) < 4.78 is 6.67. The third kappa shape index (κ3) is 18.2. The van der Waals surface area contributed by atoms with Gasteiger partial charge >= 0.3 is 0 Å². The summed E-state index contributed by atoms with van der Waals surface area (Å²) in [6, 6.07) is 8.18. The molecule has 366 valence electrons. The van der Waals surface area contributed by atoms with Crippen molar-refractivity contribution >= 4 is 11.8 Å². The molecule has 8 N–H and O–H groups in total. The highest BCUT2D eigenvalue weighted by Crippen LogP contribution is 2.43. The number of hydrogen-bond donors (Lipinski definition) is 8. The molecule has 0 aliphatic heterocycles. The zero-order chi connectivity index (χ0) is 47.1. The number of carbonyl (C=O) groups excluding carboxylic acids is 2. The number of aliphatic hydroxyl groups excluding tert-OH is 5. The summed E-state index contributed by atoms with van der Waals surface area (Å²) in [5, 5.41) is 59.7. The normalized spacial score (nSPS) is 27.4. The van der Waals surface area contributed by atoms with Gasteiger partial charge in [-0.2, -0.15) is 0 Å². The van der Waals surface area contributed by atoms with Crippen molar-refractivity contribution in [3.05, 3.63) is 96.7 Å². The Hall–Kier alpha value is -4.07. The summed E-state index contributed by atoms with van der Waals surface area (Å²) in [6.07, 6.45) is 31.4. The molecule has 12 heteroatoms. The molecule has 0 bridgehead atoms. The molecule has 3 fully saturated rings. The third-order valence-corrected chi connectivity index (χ3v) is 13.8. The number of nitrogens with one attached hydrogen (secondary N) is 3. The number of aromatic nitrogens is 2. The van der Waals surface area contributed by atoms with Crippen LogP contribution >= 0.6 is 0 Å². The predicted octanol–water partition coefficient (Wildman–Crippen LogP) is 8.07. The SMILES string of the molecule is CCCCC[C@H](O)/C=C/[C@@H]1[C@@H](C/C=C\CCCC(=O)NCCc2cnc[nH]2)[C@@H](Oc2cccc(C3CC3NC(=O)CCC/C=C\C[C@@H]3[C@@H](/C=C/[C@@H](O)CCCCC)[C@H](O)C[C@@H]3O)c2)C[C@H]1O. The fourth-order valence-corrected chi connectivity index (χ4v) is 9.78. The second-order valence-electron chi connectivity index (χ2n) is 19.2. The highest BCUT2D eigenvalue weighted by Gasteiger charge is 2.43. The van der Waals surface area contributed by atoms with Gasteiger partial charge in [0.25, 0.3) is 0 Å². The molecule has 2 amide bonds. The van der Waals surface area contributed by atoms with Crippen molar-refractivity contribution in [1.29, 1.82) is 0 Å². The number of unbranched alkanes of at least 4 members (excludes halogenated alkanes) is 6. The maximum Gasteiger partial charge on any atom is 0.220 e. The number of H-pyrrole nitrogens is 1. The molecule has 2 aromatic rings. The predicted molar refractivity (Wildman–Crippen MR) is 260 cm³/mol. The van der Waals surface area contributed by atoms with Crippen molar-refractivity contribution in [2.75, 3.05) is 6.54 Å². The standard InChI is InChI=1S/C54H82N4O8/c1-3-5-11-19-40(59)26-28-44-43(49(61)34-50(44)62)22-13-7-10-16-25-54(65)58-48-33-47(48)38-18-17-21-42(32-38)66-52-35-51(63)45(29-27-41(60)20-12-6-4-2)46(52)23-14-8-9-15-24-53(64)56-31-30-39-36-55-37-57-39/h7-8,13-14,17-18,21,26-29,32,36-37,40-41,43-52,59-63H,3-6,9-12,15-16,19-20,22-25,30-31,33-35H2,1-2H3,(H,55,57)(H,56,64)(H,58,65)/b13-7-,14-8-,28-26+,29-27+/t40-,41-,43+,44+,45+,46+,47?,48?,49-,50+,51+,52-/m0/s1. The average Bonchev–Trinajstić information content (AvgIpc) is 3.56. The van der Waals surface area contributed by atoms with Crippen molar-refractivity contribution in [2.24, 2.45) is 23.7 Å². The van der Waals surface area contributed by atoms with Gasteiger partial charge in [-0.25, -0.2) is 4.98 Å². The topological polar surface area (TPSA) is 197 Å². The van der Waals surface area contributed by atoms with Gasteiger partial charge in [-0.1, -0.05) is 113 Å². The Kier molecular flexibility index (Phi) is 23.2. The minimum absolute atomic E-state index is 0.00578. The molecule has 1 aromatic carbocycles. The highest BCUT2D eigenvalue weighted by atomic mass is 16.5. The fourth-order valence-electron chi connectivity index (χ4n) is 9.78. The van der Waals surface area contributed by atoms with Crippen molar-refractivity contribution in [3.63, 3.8) is 0 Å². The van der Waals surface area contributed by atoms with E-state index in [1.54, 1.807) is 18.6 Å². The molecule has 66 heavy (non-hydrogen) atoms. The maximum absolute atomic E-state index is 12.9. The smallest absolute Gasteiger partial charge is 0.220 e. The Labute approximate surface area is 394 Å². The molecule has 12 atom stereocenters. The van der Waals surface area contributed by atoms with Gasteiger partial charge in [0, 0.05) is 80.3 Å². The van der Waals surface area contributed by atoms with E-state index >= 15 is 0 Å². The molecular weight excluding hydrogens is 833 g/mol. The van der Waals surface area contributed by atoms with E-state index in [2.05, 4.69) is 64.8 Å². The monoisotopic (exact) mass is 915 g/mol. The van der Waals surface area contributed by atoms with Crippen LogP contribution in [0.3, 0.4) is 0 Å². The number of nitrogens with zero attached hydrogens (tertiary/aromatic N) is 1. The van der Waals surface area contributed by atoms with E-state index in [0.29, 0.717) is 64.3 Å². The van der Waals surface area contributed by atoms with Gasteiger partial charge in [-0.15, -0.1) is 0 Å². The van der Waals surface area contributed by atoms with Gasteiger partial charge in [-0.3, -0.25) is 9.59 Å². The lowest BCUT2D eigenvalue weighted by molar-refractivity contribution is -0.122. The first-order valence-electron chi connectivity index (χ1n) is 25.4. The first-order chi connectivity index (χ1) is 32.1. The number of aromatic amines is 1. The van der Waals surface area contributed by atoms with Crippen LogP contribution in [0.15, 0.2) is 85.4 Å². The molecular formula is C54H82N4O8. The van der Waals surface area contributed by atoms with Crippen LogP contribution in [0, 0.1) is 23.7 Å². The molecule has 1 aromatic heterocycles. The quantitative estimate of drug-likeness (QED) is 0.0273. The Balaban J connectivity index is 1.06. The maximum atomic E-state index is 12.9. The van der Waals surface area contributed by atoms with Crippen molar-refractivity contribution in [3.8, 4) is 5.75 Å². The zero-order valence-electron chi connectivity index (χ0n) is 39.8. The second-order valence-corrected chi connectivity index (χ2v) is 19.2. The minimum Gasteiger partial charge on any atom is -0.490 e. The van der Waals surface area contributed by atoms with Crippen LogP contribution in [0.25, 0.3) is 0 Å². The minimum atomic E-state index is -0.620. The summed E-state index contributed by atoms with van der Waals surface area (Å²) in [5.41, 5.74) is 2.11. The van der Waals surface area contributed by atoms with E-state index in [1.165, 1.54) is 0 Å². The fraction of sp³-hybridized carbons (Fsp3) is 0.648. The van der Waals surface area contributed by atoms with E-state index < -0.39 is 30.5 Å². The largest absolute Gasteiger partial charge is 0.490 e. The molecule has 0 spiro atoms. The van der Waals surface area contributed by atoms with Crippen LogP contribution in [-0.2, 0) is 16.0 Å². The average molecular weight is 915 g/mol. The molecule has 0 radical (unpaired) electrons. The highest BCUT2D eigenvalue weighted by molar-refractivity contribution is 5.77. The summed E-state index contributed by atoms with van der Waals surface area (Å²) in [5.74, 6) is 0.559. The summed E-state index contributed by atoms with van der Waals surface area (Å²) in [4.78, 5) is 32.3. The first kappa shape index (κ1) is 52.9. The van der Waals surface area contributed by atoms with Gasteiger partial charge in [0.1, 0.15) is 11.9 Å². The van der Waals surface area contributed by atoms with Crippen LogP contribution in [-0.4, -0.2) is 96.5 Å². The molecule has 3 saturated carbocycles. The Morgan fingerprint density at radius 1 is 0.788 bits per heavy atom. The van der Waals surface area contributed by atoms with Crippen molar-refractivity contribution in [2.45, 2.75) is 191 Å². The number of allylic oxidation sites excluding steroid dienone is 4. The van der Waals surface area contributed by atoms with Crippen molar-refractivity contribution < 1.29 is 39.9 Å². The Morgan fingerprint density at radius 2 is 1.42 bits per heavy atom. The van der Waals surface area contributed by atoms with Gasteiger partial charge in [0.15, 0.2) is 0 Å². The number of amides is 2. The van der Waals surface area contributed by atoms with E-state index in [-0.39, 0.29) is 53.5 Å². The van der Waals surface area contributed by atoms with Gasteiger partial charge in [0.05, 0.1) is 36.8 Å². The molecule has 12 nitrogen and oxygen atoms in total. The summed E-state index contributed by atoms with van der Waals surface area (Å²) in [6.45, 7) is 4.85. The van der Waals surface area contributed by atoms with Crippen molar-refractivity contribution in [1.82, 2.24) is 20.6 Å². The molecule has 0 saturated heterocycles. The Morgan fingerprint density at radius 3 is 2.08 bits per heavy atom. The lowest BCUT2D eigenvalue weighted by atomic mass is 9.89. The van der Waals surface area contributed by atoms with Gasteiger partial charge in [0.2, 0.25) is 11.8 Å². The number of imidazole rings is 1. The van der Waals surface area contributed by atoms with Crippen LogP contribution in [0.2, 0.25) is 0 Å². The molecule has 1 heterocycles. The lowest BCUT2D eigenvalue weighted by Gasteiger charge is -2.24. The van der Waals surface area contributed by atoms with Crippen LogP contribution in [0.4, 0.5) is 0 Å². The number of carbonyl (C=O) groups is 2. The summed E-state index contributed by atoms with van der Waals surface area (Å²) in [7, 11) is 0. The van der Waals surface area contributed by atoms with Crippen LogP contribution < -0.4 is 15.4 Å². The first-order valence-corrected chi connectivity index (χ1v) is 25.4. The van der Waals surface area contributed by atoms with Gasteiger partial charge < -0.3 is 45.9 Å². The summed E-state index contributed by atoms with van der Waals surface area (Å²) >= 11 is 0. The van der Waals surface area contributed by atoms with Crippen LogP contribution in [0.5, 0.6) is 5.75 Å². The molecule has 5 rings (SSSR count). The molecule has 3 aliphatic carbocycles. The van der Waals surface area contributed by atoms with E-state index in [4.69, 9.17) is 4.74 Å². The van der Waals surface area contributed by atoms with E-state index in [9.17, 15) is 35.1 Å². The lowest BCUT2D eigenvalue weighted by Crippen LogP contribution is -2.26. The molecule has 3 aliphatic rings. The number of benzene rings is 1. The molecule has 2 unspecified atom stereocenters. The third-order valence-electron chi connectivity index (χ3n) is 13.8. The zero-order valence-corrected chi connectivity index (χ0v) is 39.8. The second kappa shape index (κ2) is 29.0. The number of aliphatic hydroxyl groups is 5. The van der Waals surface area contributed by atoms with E-state index in [0.717, 1.165) is 87.6 Å². The number of hydrogen-bond acceptors (Lipinski definition) is 9. The number of rotatable bonds is 31. The Bertz CT molecular complexity index is 1810. The van der Waals surface area contributed by atoms with E-state index in [1.807, 2.05) is 36.4 Å². The van der Waals surface area contributed by atoms with Gasteiger partial charge in [-0.05, 0) is 81.4 Å². The van der Waals surface area contributed by atoms with Crippen LogP contribution in [0.1, 0.15) is 153 Å². The number of ether oxygens (including phenoxy) is 1.